The van der Waals surface area contributed by atoms with Crippen LogP contribution < -0.4 is 0 Å². The highest BCUT2D eigenvalue weighted by atomic mass is 16.6. The van der Waals surface area contributed by atoms with Crippen LogP contribution in [-0.4, -0.2) is 44.6 Å². The molecule has 0 saturated carbocycles. The fraction of sp³-hybridized carbons (Fsp3) is 0.294. The lowest BCUT2D eigenvalue weighted by atomic mass is 10.2. The highest BCUT2D eigenvalue weighted by molar-refractivity contribution is 5.54. The molecular formula is C17H17N5O2. The lowest BCUT2D eigenvalue weighted by Gasteiger charge is -2.22. The second-order valence-electron chi connectivity index (χ2n) is 5.53. The molecule has 0 N–H and O–H groups in total. The summed E-state index contributed by atoms with van der Waals surface area (Å²) < 4.78 is 13.2. The Morgan fingerprint density at radius 1 is 1.12 bits per heavy atom. The van der Waals surface area contributed by atoms with Crippen LogP contribution in [0, 0.1) is 6.92 Å². The summed E-state index contributed by atoms with van der Waals surface area (Å²) in [4.78, 5) is 13.0. The van der Waals surface area contributed by atoms with Gasteiger partial charge >= 0.3 is 0 Å². The summed E-state index contributed by atoms with van der Waals surface area (Å²) in [5.74, 6) is 1.36. The van der Waals surface area contributed by atoms with E-state index in [9.17, 15) is 0 Å². The molecule has 0 aromatic carbocycles. The van der Waals surface area contributed by atoms with E-state index in [0.29, 0.717) is 25.6 Å². The minimum Gasteiger partial charge on any atom is -0.376 e. The van der Waals surface area contributed by atoms with Crippen molar-refractivity contribution < 1.29 is 9.47 Å². The van der Waals surface area contributed by atoms with Crippen LogP contribution in [0.1, 0.15) is 17.6 Å². The summed E-state index contributed by atoms with van der Waals surface area (Å²) in [6.07, 6.45) is 4.98. The van der Waals surface area contributed by atoms with Crippen LogP contribution in [0.4, 0.5) is 0 Å². The molecule has 122 valence electrons. The topological polar surface area (TPSA) is 75.0 Å². The van der Waals surface area contributed by atoms with Gasteiger partial charge < -0.3 is 9.47 Å². The Hall–Kier alpha value is -2.64. The van der Waals surface area contributed by atoms with Gasteiger partial charge in [0, 0.05) is 29.8 Å². The average molecular weight is 323 g/mol. The molecule has 3 aromatic heterocycles. The molecule has 0 radical (unpaired) electrons. The summed E-state index contributed by atoms with van der Waals surface area (Å²) in [5, 5.41) is 4.68. The van der Waals surface area contributed by atoms with E-state index >= 15 is 0 Å². The largest absolute Gasteiger partial charge is 0.376 e. The molecule has 1 saturated heterocycles. The zero-order valence-corrected chi connectivity index (χ0v) is 13.3. The number of nitrogens with zero attached hydrogens (tertiary/aromatic N) is 5. The molecule has 7 heteroatoms. The van der Waals surface area contributed by atoms with Gasteiger partial charge in [0.05, 0.1) is 25.5 Å². The lowest BCUT2D eigenvalue weighted by Crippen LogP contribution is -2.24. The highest BCUT2D eigenvalue weighted by Gasteiger charge is 2.25. The van der Waals surface area contributed by atoms with Crippen LogP contribution in [0.3, 0.4) is 0 Å². The monoisotopic (exact) mass is 323 g/mol. The first-order chi connectivity index (χ1) is 11.8. The summed E-state index contributed by atoms with van der Waals surface area (Å²) in [6.45, 7) is 3.58. The van der Waals surface area contributed by atoms with E-state index in [1.165, 1.54) is 0 Å². The van der Waals surface area contributed by atoms with Crippen LogP contribution in [-0.2, 0) is 9.47 Å². The Kier molecular flexibility index (Phi) is 4.02. The first-order valence-electron chi connectivity index (χ1n) is 7.81. The number of rotatable bonds is 3. The smallest absolute Gasteiger partial charge is 0.182 e. The number of hydrogen-bond acceptors (Lipinski definition) is 6. The zero-order valence-electron chi connectivity index (χ0n) is 13.3. The number of aryl methyl sites for hydroxylation is 1. The summed E-state index contributed by atoms with van der Waals surface area (Å²) in [5.41, 5.74) is 2.73. The molecule has 0 bridgehead atoms. The molecule has 0 amide bonds. The van der Waals surface area contributed by atoms with Gasteiger partial charge in [-0.1, -0.05) is 0 Å². The predicted octanol–water partition coefficient (Wildman–Crippen LogP) is 2.12. The second-order valence-corrected chi connectivity index (χ2v) is 5.53. The van der Waals surface area contributed by atoms with Crippen molar-refractivity contribution in [2.75, 3.05) is 19.8 Å². The van der Waals surface area contributed by atoms with Crippen molar-refractivity contribution in [2.45, 2.75) is 13.0 Å². The van der Waals surface area contributed by atoms with Crippen LogP contribution in [0.25, 0.3) is 17.1 Å². The van der Waals surface area contributed by atoms with E-state index in [0.717, 1.165) is 22.8 Å². The molecule has 7 nitrogen and oxygen atoms in total. The van der Waals surface area contributed by atoms with Gasteiger partial charge in [0.15, 0.2) is 11.6 Å². The normalized spacial score (nSPS) is 17.8. The van der Waals surface area contributed by atoms with Gasteiger partial charge in [-0.25, -0.2) is 9.67 Å². The van der Waals surface area contributed by atoms with E-state index in [4.69, 9.17) is 14.5 Å². The van der Waals surface area contributed by atoms with Gasteiger partial charge in [0.25, 0.3) is 0 Å². The number of pyridine rings is 2. The Bertz CT molecular complexity index is 828. The molecule has 4 rings (SSSR count). The third kappa shape index (κ3) is 2.91. The maximum Gasteiger partial charge on any atom is 0.182 e. The van der Waals surface area contributed by atoms with Crippen molar-refractivity contribution in [2.24, 2.45) is 0 Å². The molecule has 1 aliphatic rings. The van der Waals surface area contributed by atoms with E-state index in [1.807, 2.05) is 35.9 Å². The van der Waals surface area contributed by atoms with Gasteiger partial charge in [-0.2, -0.15) is 0 Å². The van der Waals surface area contributed by atoms with Crippen molar-refractivity contribution in [3.8, 4) is 17.1 Å². The van der Waals surface area contributed by atoms with Crippen molar-refractivity contribution in [3.05, 3.63) is 54.4 Å². The third-order valence-electron chi connectivity index (χ3n) is 3.80. The third-order valence-corrected chi connectivity index (χ3v) is 3.80. The summed E-state index contributed by atoms with van der Waals surface area (Å²) in [6, 6.07) is 7.66. The van der Waals surface area contributed by atoms with Gasteiger partial charge in [0.2, 0.25) is 0 Å². The Morgan fingerprint density at radius 2 is 2.00 bits per heavy atom. The van der Waals surface area contributed by atoms with Gasteiger partial charge in [-0.3, -0.25) is 9.97 Å². The van der Waals surface area contributed by atoms with Gasteiger partial charge in [-0.05, 0) is 31.2 Å². The van der Waals surface area contributed by atoms with E-state index in [2.05, 4.69) is 15.1 Å². The molecule has 0 aliphatic carbocycles. The van der Waals surface area contributed by atoms with Crippen LogP contribution in [0.15, 0.2) is 42.9 Å². The van der Waals surface area contributed by atoms with Crippen molar-refractivity contribution >= 4 is 0 Å². The van der Waals surface area contributed by atoms with Crippen LogP contribution in [0.2, 0.25) is 0 Å². The van der Waals surface area contributed by atoms with Crippen molar-refractivity contribution in [1.82, 2.24) is 24.7 Å². The lowest BCUT2D eigenvalue weighted by molar-refractivity contribution is -0.0942. The Labute approximate surface area is 139 Å². The minimum absolute atomic E-state index is 0.240. The van der Waals surface area contributed by atoms with Gasteiger partial charge in [-0.15, -0.1) is 5.10 Å². The molecule has 0 unspecified atom stereocenters. The zero-order chi connectivity index (χ0) is 16.4. The molecule has 1 fully saturated rings. The standard InChI is InChI=1S/C17H17N5O2/c1-12-10-14(4-7-19-12)22-17(15-11-23-8-9-24-15)20-16(21-22)13-2-5-18-6-3-13/h2-7,10,15H,8-9,11H2,1H3/t15-/m1/s1. The fourth-order valence-corrected chi connectivity index (χ4v) is 2.65. The molecule has 24 heavy (non-hydrogen) atoms. The highest BCUT2D eigenvalue weighted by Crippen LogP contribution is 2.25. The first-order valence-corrected chi connectivity index (χ1v) is 7.81. The SMILES string of the molecule is Cc1cc(-n2nc(-c3ccncc3)nc2[C@H]2COCCO2)ccn1. The molecular weight excluding hydrogens is 306 g/mol. The fourth-order valence-electron chi connectivity index (χ4n) is 2.65. The first kappa shape index (κ1) is 14.9. The number of aromatic nitrogens is 5. The minimum atomic E-state index is -0.240. The van der Waals surface area contributed by atoms with E-state index < -0.39 is 0 Å². The van der Waals surface area contributed by atoms with Crippen molar-refractivity contribution in [3.63, 3.8) is 0 Å². The summed E-state index contributed by atoms with van der Waals surface area (Å²) >= 11 is 0. The van der Waals surface area contributed by atoms with Crippen molar-refractivity contribution in [1.29, 1.82) is 0 Å². The van der Waals surface area contributed by atoms with E-state index in [-0.39, 0.29) is 6.10 Å². The molecule has 1 aliphatic heterocycles. The van der Waals surface area contributed by atoms with Crippen LogP contribution in [0.5, 0.6) is 0 Å². The number of ether oxygens (including phenoxy) is 2. The van der Waals surface area contributed by atoms with Crippen LogP contribution >= 0.6 is 0 Å². The predicted molar refractivity (Wildman–Crippen MR) is 86.6 cm³/mol. The van der Waals surface area contributed by atoms with Gasteiger partial charge in [0.1, 0.15) is 6.10 Å². The molecule has 4 heterocycles. The summed E-state index contributed by atoms with van der Waals surface area (Å²) in [7, 11) is 0. The Morgan fingerprint density at radius 3 is 2.75 bits per heavy atom. The maximum atomic E-state index is 5.83. The molecule has 3 aromatic rings. The van der Waals surface area contributed by atoms with E-state index in [1.54, 1.807) is 18.6 Å². The second kappa shape index (κ2) is 6.46. The maximum absolute atomic E-state index is 5.83. The molecule has 1 atom stereocenters. The Balaban J connectivity index is 1.82. The average Bonchev–Trinajstić information content (AvgIpc) is 3.09. The quantitative estimate of drug-likeness (QED) is 0.735. The molecule has 0 spiro atoms. The number of hydrogen-bond donors (Lipinski definition) is 0.